The summed E-state index contributed by atoms with van der Waals surface area (Å²) in [5.41, 5.74) is 2.90. The Labute approximate surface area is 148 Å². The zero-order valence-electron chi connectivity index (χ0n) is 14.9. The predicted octanol–water partition coefficient (Wildman–Crippen LogP) is 4.13. The average Bonchev–Trinajstić information content (AvgIpc) is 2.61. The Morgan fingerprint density at radius 1 is 1.28 bits per heavy atom. The van der Waals surface area contributed by atoms with Crippen LogP contribution in [-0.4, -0.2) is 22.0 Å². The molecule has 1 fully saturated rings. The van der Waals surface area contributed by atoms with Crippen LogP contribution in [0.5, 0.6) is 0 Å². The van der Waals surface area contributed by atoms with Crippen LogP contribution in [-0.2, 0) is 11.3 Å². The van der Waals surface area contributed by atoms with E-state index in [0.717, 1.165) is 35.7 Å². The van der Waals surface area contributed by atoms with Crippen LogP contribution in [0.25, 0.3) is 0 Å². The Morgan fingerprint density at radius 2 is 2.16 bits per heavy atom. The number of ether oxygens (including phenoxy) is 1. The highest BCUT2D eigenvalue weighted by Crippen LogP contribution is 2.26. The topological polar surface area (TPSA) is 64.1 Å². The van der Waals surface area contributed by atoms with Gasteiger partial charge in [0.2, 0.25) is 0 Å². The molecule has 0 unspecified atom stereocenters. The highest BCUT2D eigenvalue weighted by Gasteiger charge is 2.19. The molecule has 5 nitrogen and oxygen atoms in total. The van der Waals surface area contributed by atoms with E-state index >= 15 is 0 Å². The summed E-state index contributed by atoms with van der Waals surface area (Å²) >= 11 is 0. The first kappa shape index (κ1) is 17.5. The van der Waals surface area contributed by atoms with Crippen LogP contribution in [0.4, 0.5) is 5.69 Å². The number of nitrogens with zero attached hydrogens (tertiary/aromatic N) is 2. The third-order valence-corrected chi connectivity index (χ3v) is 4.57. The van der Waals surface area contributed by atoms with E-state index in [9.17, 15) is 4.79 Å². The molecule has 0 bridgehead atoms. The second-order valence-electron chi connectivity index (χ2n) is 6.90. The van der Waals surface area contributed by atoms with E-state index in [2.05, 4.69) is 22.2 Å². The number of hydrogen-bond donors (Lipinski definition) is 1. The number of hydrogen-bond acceptors (Lipinski definition) is 4. The van der Waals surface area contributed by atoms with Crippen LogP contribution in [0, 0.1) is 12.8 Å². The maximum Gasteiger partial charge on any atom is 0.275 e. The number of benzene rings is 1. The van der Waals surface area contributed by atoms with Crippen LogP contribution in [0.3, 0.4) is 0 Å². The van der Waals surface area contributed by atoms with Crippen molar-refractivity contribution in [3.63, 3.8) is 0 Å². The summed E-state index contributed by atoms with van der Waals surface area (Å²) in [5.74, 6) is 0.492. The molecule has 1 aromatic heterocycles. The van der Waals surface area contributed by atoms with Crippen molar-refractivity contribution in [1.82, 2.24) is 9.97 Å². The summed E-state index contributed by atoms with van der Waals surface area (Å²) in [5, 5.41) is 2.87. The van der Waals surface area contributed by atoms with Gasteiger partial charge in [-0.1, -0.05) is 31.9 Å². The smallest absolute Gasteiger partial charge is 0.275 e. The number of nitrogens with one attached hydrogen (secondary N) is 1. The molecule has 1 aliphatic carbocycles. The van der Waals surface area contributed by atoms with Gasteiger partial charge in [0.05, 0.1) is 24.6 Å². The first-order chi connectivity index (χ1) is 12.1. The zero-order chi connectivity index (χ0) is 17.6. The Bertz CT molecular complexity index is 715. The van der Waals surface area contributed by atoms with Crippen LogP contribution in [0.2, 0.25) is 0 Å². The Kier molecular flexibility index (Phi) is 5.76. The third kappa shape index (κ3) is 5.10. The molecule has 2 aromatic rings. The minimum atomic E-state index is -0.258. The lowest BCUT2D eigenvalue weighted by Gasteiger charge is -2.26. The molecule has 25 heavy (non-hydrogen) atoms. The maximum absolute atomic E-state index is 12.2. The molecule has 0 radical (unpaired) electrons. The molecule has 5 heteroatoms. The van der Waals surface area contributed by atoms with E-state index in [4.69, 9.17) is 4.74 Å². The van der Waals surface area contributed by atoms with Gasteiger partial charge in [0, 0.05) is 11.9 Å². The van der Waals surface area contributed by atoms with Gasteiger partial charge in [0.25, 0.3) is 5.91 Å². The molecule has 1 N–H and O–H groups in total. The van der Waals surface area contributed by atoms with Crippen molar-refractivity contribution in [2.24, 2.45) is 5.92 Å². The van der Waals surface area contributed by atoms with Gasteiger partial charge in [0.1, 0.15) is 5.69 Å². The van der Waals surface area contributed by atoms with Gasteiger partial charge < -0.3 is 10.1 Å². The molecule has 2 atom stereocenters. The van der Waals surface area contributed by atoms with Crippen molar-refractivity contribution in [3.05, 3.63) is 53.6 Å². The van der Waals surface area contributed by atoms with Crippen molar-refractivity contribution in [3.8, 4) is 0 Å². The SMILES string of the molecule is Cc1cnc(C(=O)Nc2cccc(CO[C@@H]3CCC[C@@H](C)C3)c2)cn1. The second-order valence-corrected chi connectivity index (χ2v) is 6.90. The van der Waals surface area contributed by atoms with Crippen LogP contribution in [0.1, 0.15) is 54.4 Å². The Hall–Kier alpha value is -2.27. The van der Waals surface area contributed by atoms with Crippen molar-refractivity contribution < 1.29 is 9.53 Å². The van der Waals surface area contributed by atoms with E-state index in [1.807, 2.05) is 31.2 Å². The molecule has 1 aliphatic rings. The highest BCUT2D eigenvalue weighted by atomic mass is 16.5. The largest absolute Gasteiger partial charge is 0.374 e. The summed E-state index contributed by atoms with van der Waals surface area (Å²) in [6, 6.07) is 7.77. The van der Waals surface area contributed by atoms with E-state index in [0.29, 0.717) is 18.4 Å². The van der Waals surface area contributed by atoms with Crippen molar-refractivity contribution in [2.45, 2.75) is 52.2 Å². The predicted molar refractivity (Wildman–Crippen MR) is 97.4 cm³/mol. The summed E-state index contributed by atoms with van der Waals surface area (Å²) in [4.78, 5) is 20.4. The van der Waals surface area contributed by atoms with Gasteiger partial charge in [-0.15, -0.1) is 0 Å². The van der Waals surface area contributed by atoms with E-state index in [1.54, 1.807) is 6.20 Å². The number of carbonyl (C=O) groups is 1. The summed E-state index contributed by atoms with van der Waals surface area (Å²) in [6.07, 6.45) is 8.27. The van der Waals surface area contributed by atoms with E-state index in [-0.39, 0.29) is 5.91 Å². The monoisotopic (exact) mass is 339 g/mol. The molecule has 3 rings (SSSR count). The first-order valence-electron chi connectivity index (χ1n) is 8.90. The first-order valence-corrected chi connectivity index (χ1v) is 8.90. The number of rotatable bonds is 5. The summed E-state index contributed by atoms with van der Waals surface area (Å²) in [7, 11) is 0. The molecular weight excluding hydrogens is 314 g/mol. The lowest BCUT2D eigenvalue weighted by atomic mass is 9.89. The van der Waals surface area contributed by atoms with Crippen molar-refractivity contribution in [1.29, 1.82) is 0 Å². The van der Waals surface area contributed by atoms with Crippen molar-refractivity contribution >= 4 is 11.6 Å². The van der Waals surface area contributed by atoms with Crippen molar-refractivity contribution in [2.75, 3.05) is 5.32 Å². The van der Waals surface area contributed by atoms with Crippen LogP contribution >= 0.6 is 0 Å². The normalized spacial score (nSPS) is 20.2. The lowest BCUT2D eigenvalue weighted by Crippen LogP contribution is -2.21. The van der Waals surface area contributed by atoms with E-state index in [1.165, 1.54) is 19.0 Å². The number of aromatic nitrogens is 2. The highest BCUT2D eigenvalue weighted by molar-refractivity contribution is 6.02. The quantitative estimate of drug-likeness (QED) is 0.889. The van der Waals surface area contributed by atoms with Gasteiger partial charge in [-0.3, -0.25) is 9.78 Å². The average molecular weight is 339 g/mol. The molecule has 1 heterocycles. The minimum Gasteiger partial charge on any atom is -0.374 e. The zero-order valence-corrected chi connectivity index (χ0v) is 14.9. The number of aryl methyl sites for hydroxylation is 1. The van der Waals surface area contributed by atoms with Gasteiger partial charge in [-0.05, 0) is 43.4 Å². The van der Waals surface area contributed by atoms with E-state index < -0.39 is 0 Å². The number of carbonyl (C=O) groups excluding carboxylic acids is 1. The summed E-state index contributed by atoms with van der Waals surface area (Å²) in [6.45, 7) is 4.70. The summed E-state index contributed by atoms with van der Waals surface area (Å²) < 4.78 is 6.06. The molecular formula is C20H25N3O2. The molecule has 0 spiro atoms. The van der Waals surface area contributed by atoms with Gasteiger partial charge in [-0.25, -0.2) is 4.98 Å². The van der Waals surface area contributed by atoms with Crippen LogP contribution < -0.4 is 5.32 Å². The lowest BCUT2D eigenvalue weighted by molar-refractivity contribution is 0.00468. The molecule has 0 aliphatic heterocycles. The standard InChI is InChI=1S/C20H25N3O2/c1-14-5-3-8-18(9-14)25-13-16-6-4-7-17(10-16)23-20(24)19-12-21-15(2)11-22-19/h4,6-7,10-12,14,18H,3,5,8-9,13H2,1-2H3,(H,23,24)/t14-,18-/m1/s1. The fourth-order valence-electron chi connectivity index (χ4n) is 3.19. The molecule has 1 amide bonds. The van der Waals surface area contributed by atoms with Gasteiger partial charge >= 0.3 is 0 Å². The third-order valence-electron chi connectivity index (χ3n) is 4.57. The molecule has 0 saturated heterocycles. The molecule has 1 saturated carbocycles. The maximum atomic E-state index is 12.2. The van der Waals surface area contributed by atoms with Gasteiger partial charge in [-0.2, -0.15) is 0 Å². The Balaban J connectivity index is 1.57. The molecule has 132 valence electrons. The second kappa shape index (κ2) is 8.21. The fourth-order valence-corrected chi connectivity index (χ4v) is 3.19. The Morgan fingerprint density at radius 3 is 2.92 bits per heavy atom. The van der Waals surface area contributed by atoms with Gasteiger partial charge in [0.15, 0.2) is 0 Å². The minimum absolute atomic E-state index is 0.258. The number of anilines is 1. The fraction of sp³-hybridized carbons (Fsp3) is 0.450. The number of amides is 1. The van der Waals surface area contributed by atoms with Crippen LogP contribution in [0.15, 0.2) is 36.7 Å². The molecule has 1 aromatic carbocycles.